The number of ether oxygens (including phenoxy) is 2. The van der Waals surface area contributed by atoms with Crippen molar-refractivity contribution in [2.75, 3.05) is 66.6 Å². The van der Waals surface area contributed by atoms with Crippen LogP contribution in [0.15, 0.2) is 46.4 Å². The zero-order valence-electron chi connectivity index (χ0n) is 22.6. The third kappa shape index (κ3) is 13.5. The Morgan fingerprint density at radius 2 is 1.10 bits per heavy atom. The predicted octanol–water partition coefficient (Wildman–Crippen LogP) is 3.08. The van der Waals surface area contributed by atoms with Crippen LogP contribution in [0.1, 0.15) is 24.0 Å². The van der Waals surface area contributed by atoms with Gasteiger partial charge in [-0.2, -0.15) is 0 Å². The van der Waals surface area contributed by atoms with Crippen LogP contribution in [-0.2, 0) is 17.1 Å². The zero-order chi connectivity index (χ0) is 28.7. The Balaban J connectivity index is 0.00000122. The van der Waals surface area contributed by atoms with Crippen molar-refractivity contribution in [3.63, 3.8) is 0 Å². The summed E-state index contributed by atoms with van der Waals surface area (Å²) in [5.74, 6) is 0.459. The zero-order valence-corrected chi connectivity index (χ0v) is 23.7. The van der Waals surface area contributed by atoms with Crippen LogP contribution in [0.2, 0.25) is 0 Å². The van der Waals surface area contributed by atoms with Crippen molar-refractivity contribution in [1.29, 1.82) is 0 Å². The third-order valence-electron chi connectivity index (χ3n) is 5.91. The molecule has 0 amide bonds. The van der Waals surface area contributed by atoms with Gasteiger partial charge in [-0.1, -0.05) is 35.8 Å². The van der Waals surface area contributed by atoms with Crippen molar-refractivity contribution in [1.82, 2.24) is 9.80 Å². The summed E-state index contributed by atoms with van der Waals surface area (Å²) in [7, 11) is -3.00. The minimum Gasteiger partial charge on any atom is -0.870 e. The van der Waals surface area contributed by atoms with Gasteiger partial charge in [0.05, 0.1) is 14.2 Å². The molecule has 8 nitrogen and oxygen atoms in total. The first kappa shape index (κ1) is 35.2. The number of nitrogens with zero attached hydrogens (tertiary/aromatic N) is 4. The van der Waals surface area contributed by atoms with Gasteiger partial charge in [-0.15, -0.1) is 0 Å². The van der Waals surface area contributed by atoms with Crippen LogP contribution >= 0.6 is 0 Å². The number of hydrogen-bond acceptors (Lipinski definition) is 8. The van der Waals surface area contributed by atoms with Gasteiger partial charge in [0.15, 0.2) is 0 Å². The number of halogens is 4. The topological polar surface area (TPSA) is 95.8 Å². The van der Waals surface area contributed by atoms with Gasteiger partial charge >= 0.3 is 24.3 Å². The number of rotatable bonds is 12. The number of hydrogen-bond donors (Lipinski definition) is 0. The van der Waals surface area contributed by atoms with Crippen molar-refractivity contribution in [2.45, 2.75) is 12.8 Å². The Morgan fingerprint density at radius 3 is 1.43 bits per heavy atom. The predicted molar refractivity (Wildman–Crippen MR) is 142 cm³/mol. The number of aliphatic imine (C=N–C) groups is 2. The van der Waals surface area contributed by atoms with E-state index in [0.29, 0.717) is 35.7 Å². The van der Waals surface area contributed by atoms with Gasteiger partial charge < -0.3 is 46.7 Å². The molecule has 1 radical (unpaired) electrons. The average molecular weight is 609 g/mol. The molecule has 2 aromatic carbocycles. The van der Waals surface area contributed by atoms with Crippen LogP contribution < -0.4 is 19.7 Å². The second-order valence-electron chi connectivity index (χ2n) is 8.71. The molecule has 0 N–H and O–H groups in total. The molecule has 1 fully saturated rings. The molecule has 219 valence electrons. The van der Waals surface area contributed by atoms with E-state index in [1.807, 2.05) is 0 Å². The van der Waals surface area contributed by atoms with E-state index in [9.17, 15) is 27.5 Å². The van der Waals surface area contributed by atoms with Gasteiger partial charge in [0.1, 0.15) is 11.5 Å². The molecule has 0 spiro atoms. The van der Waals surface area contributed by atoms with Crippen LogP contribution in [0.4, 0.5) is 17.3 Å². The second-order valence-corrected chi connectivity index (χ2v) is 8.71. The van der Waals surface area contributed by atoms with E-state index >= 15 is 0 Å². The van der Waals surface area contributed by atoms with E-state index in [1.165, 1.54) is 14.2 Å². The van der Waals surface area contributed by atoms with Gasteiger partial charge in [-0.25, -0.2) is 0 Å². The van der Waals surface area contributed by atoms with E-state index in [4.69, 9.17) is 9.47 Å². The van der Waals surface area contributed by atoms with Gasteiger partial charge in [0, 0.05) is 51.7 Å². The minimum atomic E-state index is -6.00. The average Bonchev–Trinajstić information content (AvgIpc) is 2.90. The van der Waals surface area contributed by atoms with E-state index in [2.05, 4.69) is 19.8 Å². The molecule has 0 aliphatic carbocycles. The fourth-order valence-electron chi connectivity index (χ4n) is 3.92. The number of benzene rings is 2. The van der Waals surface area contributed by atoms with Crippen LogP contribution in [0.3, 0.4) is 0 Å². The fourth-order valence-corrected chi connectivity index (χ4v) is 3.92. The molecule has 3 rings (SSSR count). The fraction of sp³-hybridized carbons (Fsp3) is 0.462. The van der Waals surface area contributed by atoms with Crippen LogP contribution in [-0.4, -0.2) is 96.1 Å². The Morgan fingerprint density at radius 1 is 0.750 bits per heavy atom. The first-order chi connectivity index (χ1) is 18.6. The summed E-state index contributed by atoms with van der Waals surface area (Å²) in [5, 5.41) is 24.2. The Bertz CT molecular complexity index is 988. The first-order valence-electron chi connectivity index (χ1n) is 12.6. The molecular weight excluding hydrogens is 575 g/mol. The summed E-state index contributed by atoms with van der Waals surface area (Å²) in [4.78, 5) is 13.8. The van der Waals surface area contributed by atoms with E-state index < -0.39 is 7.25 Å². The van der Waals surface area contributed by atoms with Crippen molar-refractivity contribution < 1.29 is 54.0 Å². The van der Waals surface area contributed by atoms with Gasteiger partial charge in [-0.3, -0.25) is 9.98 Å². The van der Waals surface area contributed by atoms with Gasteiger partial charge in [-0.05, 0) is 49.2 Å². The quantitative estimate of drug-likeness (QED) is 0.159. The molecule has 14 heteroatoms. The molecule has 1 saturated heterocycles. The van der Waals surface area contributed by atoms with Crippen molar-refractivity contribution in [2.24, 2.45) is 9.98 Å². The summed E-state index contributed by atoms with van der Waals surface area (Å²) >= 11 is 0. The summed E-state index contributed by atoms with van der Waals surface area (Å²) in [5.41, 5.74) is 1.13. The Kier molecular flexibility index (Phi) is 16.3. The minimum absolute atomic E-state index is 0. The summed E-state index contributed by atoms with van der Waals surface area (Å²) in [6, 6.07) is 10.5. The molecule has 1 aliphatic heterocycles. The van der Waals surface area contributed by atoms with E-state index in [1.54, 1.807) is 48.8 Å². The number of para-hydroxylation sites is 2. The maximum Gasteiger partial charge on any atom is 5.00 e. The maximum absolute atomic E-state index is 12.1. The standard InChI is InChI=1S/C26H36N4O4.BF4.Fe/c1-33-23-9-3-7-21(25(23)31)19-27-11-5-13-29-15-17-30(18-16-29)14-6-12-28-20-22-8-4-10-24(34-2)26(22)32;2-1(3,4)5;/h3-4,7-10,19-20,31-32H,5-6,11-18H2,1-2H3;;/q;-1;+5/p-2. The molecule has 0 bridgehead atoms. The van der Waals surface area contributed by atoms with Gasteiger partial charge in [0.25, 0.3) is 0 Å². The molecule has 2 aromatic rings. The molecule has 1 aliphatic rings. The molecule has 40 heavy (non-hydrogen) atoms. The van der Waals surface area contributed by atoms with Crippen LogP contribution in [0, 0.1) is 0 Å². The molecule has 0 atom stereocenters. The number of methoxy groups -OCH3 is 2. The molecule has 1 heterocycles. The SMILES string of the molecule is COc1cccc(C=NCCCN2CCN(CCCN=Cc3cccc(OC)c3[O-])CC2)c1[O-].F[B-](F)(F)F.[Fe+5]. The maximum atomic E-state index is 12.1. The monoisotopic (exact) mass is 609 g/mol. The second kappa shape index (κ2) is 18.5. The Labute approximate surface area is 243 Å². The first-order valence-corrected chi connectivity index (χ1v) is 12.6. The van der Waals surface area contributed by atoms with E-state index in [-0.39, 0.29) is 28.6 Å². The number of piperazine rings is 1. The van der Waals surface area contributed by atoms with Crippen molar-refractivity contribution >= 4 is 19.7 Å². The Hall–Kier alpha value is -2.80. The van der Waals surface area contributed by atoms with E-state index in [0.717, 1.165) is 52.1 Å². The largest absolute Gasteiger partial charge is 5.00 e. The molecule has 0 aromatic heterocycles. The summed E-state index contributed by atoms with van der Waals surface area (Å²) in [6.45, 7) is 7.63. The normalized spacial score (nSPS) is 14.6. The van der Waals surface area contributed by atoms with Crippen LogP contribution in [0.5, 0.6) is 23.0 Å². The third-order valence-corrected chi connectivity index (χ3v) is 5.91. The molecule has 0 unspecified atom stereocenters. The molecular formula is C26H34BF4FeN4O4+2. The van der Waals surface area contributed by atoms with Gasteiger partial charge in [0.2, 0.25) is 0 Å². The summed E-state index contributed by atoms with van der Waals surface area (Å²) in [6.07, 6.45) is 5.24. The van der Waals surface area contributed by atoms with Crippen molar-refractivity contribution in [3.8, 4) is 23.0 Å². The summed E-state index contributed by atoms with van der Waals surface area (Å²) < 4.78 is 49.1. The molecule has 0 saturated carbocycles. The smallest absolute Gasteiger partial charge is 0.870 e. The van der Waals surface area contributed by atoms with Crippen LogP contribution in [0.25, 0.3) is 0 Å². The van der Waals surface area contributed by atoms with Crippen molar-refractivity contribution in [3.05, 3.63) is 47.5 Å².